The molecule has 0 fully saturated rings. The maximum atomic E-state index is 2.39. The van der Waals surface area contributed by atoms with Crippen LogP contribution in [0, 0.1) is 0 Å². The van der Waals surface area contributed by atoms with Crippen LogP contribution in [0.4, 0.5) is 28.2 Å². The lowest BCUT2D eigenvalue weighted by atomic mass is 10.1. The van der Waals surface area contributed by atoms with E-state index in [0.717, 1.165) is 6.54 Å². The molecule has 0 aliphatic carbocycles. The van der Waals surface area contributed by atoms with Gasteiger partial charge in [0.1, 0.15) is 0 Å². The number of halogens is 6. The highest BCUT2D eigenvalue weighted by molar-refractivity contribution is 5.08. The first-order chi connectivity index (χ1) is 6.93. The van der Waals surface area contributed by atoms with Gasteiger partial charge in [-0.1, -0.05) is 51.2 Å². The second kappa shape index (κ2) is 26.4. The number of unbranched alkanes of at least 4 members (excludes halogenated alkanes) is 5. The van der Waals surface area contributed by atoms with Gasteiger partial charge in [-0.15, -0.1) is 0 Å². The lowest BCUT2D eigenvalue weighted by Crippen LogP contribution is -2.19. The standard InChI is InChI=1S/C13H23N.6FH/c1-2-3-4-5-6-8-11-14-12-9-7-10-13-14;;;;;;/h7,9-10,12H,2-6,8,11,13H2,1H3;6*1H. The first kappa shape index (κ1) is 36.4. The molecule has 20 heavy (non-hydrogen) atoms. The van der Waals surface area contributed by atoms with Gasteiger partial charge in [-0.3, -0.25) is 28.2 Å². The molecule has 0 spiro atoms. The third-order valence-corrected chi connectivity index (χ3v) is 2.68. The third-order valence-electron chi connectivity index (χ3n) is 2.68. The second-order valence-corrected chi connectivity index (χ2v) is 4.03. The average molecular weight is 313 g/mol. The zero-order chi connectivity index (χ0) is 10.1. The molecule has 1 nitrogen and oxygen atoms in total. The van der Waals surface area contributed by atoms with E-state index in [9.17, 15) is 0 Å². The Kier molecular flexibility index (Phi) is 48.1. The quantitative estimate of drug-likeness (QED) is 0.488. The molecule has 0 aromatic heterocycles. The molecule has 1 heterocycles. The molecular weight excluding hydrogens is 284 g/mol. The lowest BCUT2D eigenvalue weighted by molar-refractivity contribution is 0.392. The second-order valence-electron chi connectivity index (χ2n) is 4.03. The molecule has 128 valence electrons. The Morgan fingerprint density at radius 3 is 1.80 bits per heavy atom. The monoisotopic (exact) mass is 313 g/mol. The van der Waals surface area contributed by atoms with Gasteiger partial charge in [0.25, 0.3) is 0 Å². The average Bonchev–Trinajstić information content (AvgIpc) is 2.25. The molecular formula is C13H29F6N. The Bertz CT molecular complexity index is 199. The molecule has 1 rings (SSSR count). The number of hydrogen-bond acceptors (Lipinski definition) is 1. The SMILES string of the molecule is CCCCCCCCN1C=CC=CC1.F.F.F.F.F.F. The van der Waals surface area contributed by atoms with E-state index in [1.165, 1.54) is 45.1 Å². The number of hydrogen-bond donors (Lipinski definition) is 0. The van der Waals surface area contributed by atoms with E-state index < -0.39 is 0 Å². The van der Waals surface area contributed by atoms with Gasteiger partial charge in [0.05, 0.1) is 0 Å². The molecule has 0 radical (unpaired) electrons. The molecule has 0 saturated carbocycles. The normalized spacial score (nSPS) is 10.6. The van der Waals surface area contributed by atoms with Gasteiger partial charge in [0.15, 0.2) is 0 Å². The van der Waals surface area contributed by atoms with Gasteiger partial charge in [0.2, 0.25) is 0 Å². The molecule has 0 aromatic carbocycles. The molecule has 0 unspecified atom stereocenters. The fourth-order valence-electron chi connectivity index (χ4n) is 1.77. The van der Waals surface area contributed by atoms with Gasteiger partial charge < -0.3 is 4.90 Å². The summed E-state index contributed by atoms with van der Waals surface area (Å²) in [6.07, 6.45) is 17.0. The fraction of sp³-hybridized carbons (Fsp3) is 0.692. The summed E-state index contributed by atoms with van der Waals surface area (Å²) in [4.78, 5) is 2.39. The molecule has 7 heteroatoms. The van der Waals surface area contributed by atoms with E-state index in [4.69, 9.17) is 0 Å². The van der Waals surface area contributed by atoms with Crippen LogP contribution in [0.5, 0.6) is 0 Å². The number of nitrogens with zero attached hydrogens (tertiary/aromatic N) is 1. The summed E-state index contributed by atoms with van der Waals surface area (Å²) in [5.41, 5.74) is 0. The summed E-state index contributed by atoms with van der Waals surface area (Å²) >= 11 is 0. The van der Waals surface area contributed by atoms with Gasteiger partial charge in [-0.05, 0) is 18.7 Å². The Balaban J connectivity index is -0.0000000817. The Hall–Kier alpha value is -1.14. The summed E-state index contributed by atoms with van der Waals surface area (Å²) in [6, 6.07) is 0. The maximum Gasteiger partial charge on any atom is 0.0357 e. The van der Waals surface area contributed by atoms with Crippen molar-refractivity contribution in [2.75, 3.05) is 13.1 Å². The van der Waals surface area contributed by atoms with Crippen LogP contribution in [0.15, 0.2) is 24.4 Å². The lowest BCUT2D eigenvalue weighted by Gasteiger charge is -2.20. The van der Waals surface area contributed by atoms with E-state index in [-0.39, 0.29) is 28.2 Å². The fourth-order valence-corrected chi connectivity index (χ4v) is 1.77. The van der Waals surface area contributed by atoms with Gasteiger partial charge >= 0.3 is 0 Å². The highest BCUT2D eigenvalue weighted by Crippen LogP contribution is 2.07. The zero-order valence-corrected chi connectivity index (χ0v) is 11.9. The summed E-state index contributed by atoms with van der Waals surface area (Å²) < 4.78 is 0. The Morgan fingerprint density at radius 1 is 0.750 bits per heavy atom. The van der Waals surface area contributed by atoms with Crippen LogP contribution in [0.1, 0.15) is 45.4 Å². The van der Waals surface area contributed by atoms with Crippen molar-refractivity contribution in [1.29, 1.82) is 0 Å². The maximum absolute atomic E-state index is 2.39. The molecule has 0 atom stereocenters. The molecule has 0 saturated heterocycles. The van der Waals surface area contributed by atoms with Crippen LogP contribution in [0.2, 0.25) is 0 Å². The smallest absolute Gasteiger partial charge is 0.0357 e. The van der Waals surface area contributed by atoms with Gasteiger partial charge in [-0.25, -0.2) is 0 Å². The van der Waals surface area contributed by atoms with Crippen molar-refractivity contribution in [3.63, 3.8) is 0 Å². The van der Waals surface area contributed by atoms with Crippen LogP contribution < -0.4 is 0 Å². The van der Waals surface area contributed by atoms with Crippen LogP contribution in [0.25, 0.3) is 0 Å². The third kappa shape index (κ3) is 19.2. The predicted molar refractivity (Wildman–Crippen MR) is 78.2 cm³/mol. The first-order valence-corrected chi connectivity index (χ1v) is 6.01. The Morgan fingerprint density at radius 2 is 1.30 bits per heavy atom. The van der Waals surface area contributed by atoms with E-state index >= 15 is 0 Å². The number of allylic oxidation sites excluding steroid dienone is 2. The molecule has 0 aromatic rings. The van der Waals surface area contributed by atoms with E-state index in [0.29, 0.717) is 0 Å². The van der Waals surface area contributed by atoms with Crippen molar-refractivity contribution >= 4 is 0 Å². The molecule has 1 aliphatic heterocycles. The zero-order valence-electron chi connectivity index (χ0n) is 11.9. The van der Waals surface area contributed by atoms with Crippen LogP contribution in [0.3, 0.4) is 0 Å². The summed E-state index contributed by atoms with van der Waals surface area (Å²) in [5.74, 6) is 0. The molecule has 0 N–H and O–H groups in total. The van der Waals surface area contributed by atoms with Gasteiger partial charge in [0, 0.05) is 13.1 Å². The summed E-state index contributed by atoms with van der Waals surface area (Å²) in [6.45, 7) is 4.60. The minimum absolute atomic E-state index is 0. The van der Waals surface area contributed by atoms with E-state index in [1.807, 2.05) is 0 Å². The minimum Gasteiger partial charge on any atom is -0.374 e. The van der Waals surface area contributed by atoms with Crippen LogP contribution >= 0.6 is 0 Å². The van der Waals surface area contributed by atoms with Crippen molar-refractivity contribution < 1.29 is 28.2 Å². The molecule has 1 aliphatic rings. The van der Waals surface area contributed by atoms with Crippen LogP contribution in [-0.4, -0.2) is 18.0 Å². The van der Waals surface area contributed by atoms with Crippen molar-refractivity contribution in [1.82, 2.24) is 4.90 Å². The van der Waals surface area contributed by atoms with Crippen molar-refractivity contribution in [2.24, 2.45) is 0 Å². The van der Waals surface area contributed by atoms with Gasteiger partial charge in [-0.2, -0.15) is 0 Å². The highest BCUT2D eigenvalue weighted by Gasteiger charge is 1.98. The van der Waals surface area contributed by atoms with E-state index in [1.54, 1.807) is 0 Å². The molecule has 0 amide bonds. The van der Waals surface area contributed by atoms with E-state index in [2.05, 4.69) is 36.3 Å². The van der Waals surface area contributed by atoms with Crippen molar-refractivity contribution in [3.05, 3.63) is 24.4 Å². The highest BCUT2D eigenvalue weighted by atomic mass is 19.0. The largest absolute Gasteiger partial charge is 0.374 e. The van der Waals surface area contributed by atoms with Crippen molar-refractivity contribution in [2.45, 2.75) is 45.4 Å². The van der Waals surface area contributed by atoms with Crippen molar-refractivity contribution in [3.8, 4) is 0 Å². The molecule has 0 bridgehead atoms. The predicted octanol–water partition coefficient (Wildman–Crippen LogP) is 4.65. The topological polar surface area (TPSA) is 3.24 Å². The summed E-state index contributed by atoms with van der Waals surface area (Å²) in [7, 11) is 0. The minimum atomic E-state index is 0. The summed E-state index contributed by atoms with van der Waals surface area (Å²) in [5, 5.41) is 0. The Labute approximate surface area is 117 Å². The first-order valence-electron chi connectivity index (χ1n) is 6.01. The van der Waals surface area contributed by atoms with Crippen LogP contribution in [-0.2, 0) is 0 Å². The number of rotatable bonds is 7.